The van der Waals surface area contributed by atoms with Gasteiger partial charge in [-0.15, -0.1) is 0 Å². The zero-order chi connectivity index (χ0) is 21.0. The lowest BCUT2D eigenvalue weighted by molar-refractivity contribution is -0.137. The highest BCUT2D eigenvalue weighted by Crippen LogP contribution is 2.31. The van der Waals surface area contributed by atoms with Crippen LogP contribution in [0.4, 0.5) is 24.5 Å². The Morgan fingerprint density at radius 3 is 2.69 bits per heavy atom. The number of aromatic nitrogens is 3. The van der Waals surface area contributed by atoms with Crippen molar-refractivity contribution in [1.82, 2.24) is 20.1 Å². The van der Waals surface area contributed by atoms with Gasteiger partial charge in [0.15, 0.2) is 10.6 Å². The zero-order valence-electron chi connectivity index (χ0n) is 15.4. The van der Waals surface area contributed by atoms with Crippen molar-refractivity contribution in [1.29, 1.82) is 0 Å². The van der Waals surface area contributed by atoms with Crippen LogP contribution in [0.1, 0.15) is 28.7 Å². The van der Waals surface area contributed by atoms with E-state index >= 15 is 0 Å². The Bertz CT molecular complexity index is 1070. The Balaban J connectivity index is 1.78. The van der Waals surface area contributed by atoms with E-state index in [1.165, 1.54) is 12.1 Å². The standard InChI is InChI=1S/C19H18F3N5OS/c1-2-27-16(25-26-18(27)29)11-23-17(28)14-8-3-4-9-15(14)24-13-7-5-6-12(10-13)19(20,21)22/h3-10,24H,2,11H2,1H3,(H,23,28)(H,26,29). The Morgan fingerprint density at radius 2 is 1.97 bits per heavy atom. The fourth-order valence-corrected chi connectivity index (χ4v) is 3.06. The second kappa shape index (κ2) is 8.48. The molecule has 1 heterocycles. The number of aromatic amines is 1. The average Bonchev–Trinajstić information content (AvgIpc) is 3.05. The molecule has 0 saturated carbocycles. The molecular weight excluding hydrogens is 403 g/mol. The van der Waals surface area contributed by atoms with Gasteiger partial charge in [-0.3, -0.25) is 9.89 Å². The van der Waals surface area contributed by atoms with Crippen LogP contribution in [0.3, 0.4) is 0 Å². The molecule has 29 heavy (non-hydrogen) atoms. The van der Waals surface area contributed by atoms with E-state index in [0.717, 1.165) is 12.1 Å². The number of nitrogens with one attached hydrogen (secondary N) is 3. The molecule has 2 aromatic carbocycles. The number of nitrogens with zero attached hydrogens (tertiary/aromatic N) is 2. The highest BCUT2D eigenvalue weighted by Gasteiger charge is 2.30. The summed E-state index contributed by atoms with van der Waals surface area (Å²) in [4.78, 5) is 12.7. The van der Waals surface area contributed by atoms with Gasteiger partial charge in [0.05, 0.1) is 23.4 Å². The number of para-hydroxylation sites is 1. The maximum atomic E-state index is 12.9. The minimum atomic E-state index is -4.45. The lowest BCUT2D eigenvalue weighted by atomic mass is 10.1. The largest absolute Gasteiger partial charge is 0.416 e. The molecule has 3 aromatic rings. The predicted octanol–water partition coefficient (Wildman–Crippen LogP) is 4.65. The molecule has 3 N–H and O–H groups in total. The van der Waals surface area contributed by atoms with Crippen LogP contribution in [0.25, 0.3) is 0 Å². The molecule has 0 fully saturated rings. The number of carbonyl (C=O) groups is 1. The molecule has 0 unspecified atom stereocenters. The lowest BCUT2D eigenvalue weighted by Crippen LogP contribution is -2.25. The molecule has 0 aliphatic carbocycles. The first-order valence-corrected chi connectivity index (χ1v) is 9.16. The van der Waals surface area contributed by atoms with Gasteiger partial charge in [0.2, 0.25) is 0 Å². The van der Waals surface area contributed by atoms with Crippen LogP contribution >= 0.6 is 12.2 Å². The first-order valence-electron chi connectivity index (χ1n) is 8.75. The molecule has 1 aromatic heterocycles. The third-order valence-corrected chi connectivity index (χ3v) is 4.51. The Hall–Kier alpha value is -3.14. The van der Waals surface area contributed by atoms with Gasteiger partial charge in [-0.1, -0.05) is 18.2 Å². The number of carbonyl (C=O) groups excluding carboxylic acids is 1. The van der Waals surface area contributed by atoms with Crippen molar-refractivity contribution in [3.8, 4) is 0 Å². The third-order valence-electron chi connectivity index (χ3n) is 4.20. The van der Waals surface area contributed by atoms with Gasteiger partial charge in [-0.25, -0.2) is 0 Å². The summed E-state index contributed by atoms with van der Waals surface area (Å²) in [5, 5.41) is 12.4. The summed E-state index contributed by atoms with van der Waals surface area (Å²) >= 11 is 5.12. The van der Waals surface area contributed by atoms with Gasteiger partial charge in [0.1, 0.15) is 0 Å². The van der Waals surface area contributed by atoms with Gasteiger partial charge in [-0.05, 0) is 49.5 Å². The molecule has 0 radical (unpaired) electrons. The summed E-state index contributed by atoms with van der Waals surface area (Å²) in [6.45, 7) is 2.66. The summed E-state index contributed by atoms with van der Waals surface area (Å²) in [6.07, 6.45) is -4.45. The highest BCUT2D eigenvalue weighted by atomic mass is 32.1. The van der Waals surface area contributed by atoms with E-state index in [9.17, 15) is 18.0 Å². The maximum Gasteiger partial charge on any atom is 0.416 e. The Kier molecular flexibility index (Phi) is 6.02. The molecule has 0 spiro atoms. The molecule has 6 nitrogen and oxygen atoms in total. The lowest BCUT2D eigenvalue weighted by Gasteiger charge is -2.14. The summed E-state index contributed by atoms with van der Waals surface area (Å²) in [7, 11) is 0. The minimum absolute atomic E-state index is 0.151. The topological polar surface area (TPSA) is 74.7 Å². The van der Waals surface area contributed by atoms with E-state index in [2.05, 4.69) is 20.8 Å². The summed E-state index contributed by atoms with van der Waals surface area (Å²) in [6, 6.07) is 11.4. The molecule has 10 heteroatoms. The van der Waals surface area contributed by atoms with Gasteiger partial charge in [0, 0.05) is 12.2 Å². The van der Waals surface area contributed by atoms with Gasteiger partial charge >= 0.3 is 6.18 Å². The van der Waals surface area contributed by atoms with Crippen molar-refractivity contribution in [3.05, 3.63) is 70.3 Å². The first kappa shape index (κ1) is 20.6. The SMILES string of the molecule is CCn1c(CNC(=O)c2ccccc2Nc2cccc(C(F)(F)F)c2)n[nH]c1=S. The van der Waals surface area contributed by atoms with Crippen LogP contribution in [-0.2, 0) is 19.3 Å². The molecule has 0 aliphatic heterocycles. The maximum absolute atomic E-state index is 12.9. The van der Waals surface area contributed by atoms with Gasteiger partial charge in [0.25, 0.3) is 5.91 Å². The van der Waals surface area contributed by atoms with Crippen molar-refractivity contribution in [2.45, 2.75) is 26.2 Å². The zero-order valence-corrected chi connectivity index (χ0v) is 16.2. The van der Waals surface area contributed by atoms with E-state index in [-0.39, 0.29) is 12.2 Å². The summed E-state index contributed by atoms with van der Waals surface area (Å²) < 4.78 is 41.0. The van der Waals surface area contributed by atoms with Crippen LogP contribution in [0, 0.1) is 4.77 Å². The normalized spacial score (nSPS) is 11.3. The van der Waals surface area contributed by atoms with Gasteiger partial charge < -0.3 is 15.2 Å². The fraction of sp³-hybridized carbons (Fsp3) is 0.211. The fourth-order valence-electron chi connectivity index (χ4n) is 2.78. The summed E-state index contributed by atoms with van der Waals surface area (Å²) in [5.74, 6) is 0.186. The van der Waals surface area contributed by atoms with Crippen molar-refractivity contribution >= 4 is 29.5 Å². The molecule has 0 saturated heterocycles. The number of benzene rings is 2. The smallest absolute Gasteiger partial charge is 0.355 e. The number of H-pyrrole nitrogens is 1. The van der Waals surface area contributed by atoms with Crippen LogP contribution in [0.15, 0.2) is 48.5 Å². The molecule has 0 atom stereocenters. The van der Waals surface area contributed by atoms with Crippen molar-refractivity contribution < 1.29 is 18.0 Å². The van der Waals surface area contributed by atoms with E-state index in [4.69, 9.17) is 12.2 Å². The number of alkyl halides is 3. The Morgan fingerprint density at radius 1 is 1.21 bits per heavy atom. The second-order valence-corrected chi connectivity index (χ2v) is 6.51. The number of hydrogen-bond donors (Lipinski definition) is 3. The third kappa shape index (κ3) is 4.83. The predicted molar refractivity (Wildman–Crippen MR) is 105 cm³/mol. The number of anilines is 2. The van der Waals surface area contributed by atoms with Crippen molar-refractivity contribution in [2.24, 2.45) is 0 Å². The molecular formula is C19H18F3N5OS. The summed E-state index contributed by atoms with van der Waals surface area (Å²) in [5.41, 5.74) is 0.138. The minimum Gasteiger partial charge on any atom is -0.355 e. The van der Waals surface area contributed by atoms with E-state index in [1.807, 2.05) is 6.92 Å². The quantitative estimate of drug-likeness (QED) is 0.507. The van der Waals surface area contributed by atoms with Crippen LogP contribution in [0.5, 0.6) is 0 Å². The van der Waals surface area contributed by atoms with Crippen molar-refractivity contribution in [3.63, 3.8) is 0 Å². The van der Waals surface area contributed by atoms with E-state index in [1.54, 1.807) is 28.8 Å². The molecule has 3 rings (SSSR count). The molecule has 152 valence electrons. The van der Waals surface area contributed by atoms with E-state index < -0.39 is 17.6 Å². The molecule has 0 aliphatic rings. The monoisotopic (exact) mass is 421 g/mol. The highest BCUT2D eigenvalue weighted by molar-refractivity contribution is 7.71. The molecule has 0 bridgehead atoms. The van der Waals surface area contributed by atoms with Crippen LogP contribution in [0.2, 0.25) is 0 Å². The molecule has 1 amide bonds. The van der Waals surface area contributed by atoms with E-state index in [0.29, 0.717) is 28.4 Å². The van der Waals surface area contributed by atoms with Gasteiger partial charge in [-0.2, -0.15) is 18.3 Å². The van der Waals surface area contributed by atoms with Crippen LogP contribution in [-0.4, -0.2) is 20.7 Å². The number of rotatable bonds is 6. The Labute approximate surface area is 169 Å². The van der Waals surface area contributed by atoms with Crippen molar-refractivity contribution in [2.75, 3.05) is 5.32 Å². The number of halogens is 3. The van der Waals surface area contributed by atoms with Crippen LogP contribution < -0.4 is 10.6 Å². The second-order valence-electron chi connectivity index (χ2n) is 6.12. The number of amides is 1. The first-order chi connectivity index (χ1) is 13.8. The number of hydrogen-bond acceptors (Lipinski definition) is 4. The average molecular weight is 421 g/mol.